The molecule has 0 aliphatic heterocycles. The summed E-state index contributed by atoms with van der Waals surface area (Å²) in [6.45, 7) is 3.37. The summed E-state index contributed by atoms with van der Waals surface area (Å²) in [5.41, 5.74) is 0. The number of carbonyl (C=O) groups excluding carboxylic acids is 1. The highest BCUT2D eigenvalue weighted by molar-refractivity contribution is 5.69. The Kier molecular flexibility index (Phi) is 4.76. The van der Waals surface area contributed by atoms with Crippen molar-refractivity contribution in [1.82, 2.24) is 15.0 Å². The highest BCUT2D eigenvalue weighted by atomic mass is 16.5. The molecule has 0 fully saturated rings. The summed E-state index contributed by atoms with van der Waals surface area (Å²) in [5, 5.41) is 3.50. The lowest BCUT2D eigenvalue weighted by Crippen LogP contribution is -2.22. The molecule has 0 atom stereocenters. The Labute approximate surface area is 88.2 Å². The molecule has 0 aromatic carbocycles. The number of ether oxygens (including phenoxy) is 1. The fourth-order valence-corrected chi connectivity index (χ4v) is 1.09. The number of carbonyl (C=O) groups is 1. The molecule has 0 saturated carbocycles. The van der Waals surface area contributed by atoms with Crippen molar-refractivity contribution in [1.29, 1.82) is 0 Å². The van der Waals surface area contributed by atoms with Crippen molar-refractivity contribution in [2.24, 2.45) is 0 Å². The second-order valence-corrected chi connectivity index (χ2v) is 3.13. The van der Waals surface area contributed by atoms with E-state index in [9.17, 15) is 4.79 Å². The maximum Gasteiger partial charge on any atom is 0.307 e. The number of aromatic nitrogens is 2. The first kappa shape index (κ1) is 11.6. The third-order valence-corrected chi connectivity index (χ3v) is 1.82. The van der Waals surface area contributed by atoms with Crippen molar-refractivity contribution < 1.29 is 14.1 Å². The average molecular weight is 213 g/mol. The van der Waals surface area contributed by atoms with Crippen molar-refractivity contribution >= 4 is 5.97 Å². The van der Waals surface area contributed by atoms with E-state index in [0.717, 1.165) is 0 Å². The van der Waals surface area contributed by atoms with Gasteiger partial charge in [0.05, 0.1) is 19.6 Å². The molecule has 0 N–H and O–H groups in total. The molecule has 6 nitrogen and oxygen atoms in total. The second kappa shape index (κ2) is 6.13. The molecule has 0 aliphatic carbocycles. The van der Waals surface area contributed by atoms with Gasteiger partial charge in [0, 0.05) is 6.54 Å². The van der Waals surface area contributed by atoms with Gasteiger partial charge in [-0.2, -0.15) is 4.98 Å². The van der Waals surface area contributed by atoms with Gasteiger partial charge in [0.2, 0.25) is 5.89 Å². The maximum atomic E-state index is 11.0. The number of hydrogen-bond donors (Lipinski definition) is 0. The van der Waals surface area contributed by atoms with Crippen molar-refractivity contribution in [3.63, 3.8) is 0 Å². The smallest absolute Gasteiger partial charge is 0.307 e. The monoisotopic (exact) mass is 213 g/mol. The molecule has 0 saturated heterocycles. The Bertz CT molecular complexity index is 287. The number of rotatable bonds is 6. The summed E-state index contributed by atoms with van der Waals surface area (Å²) >= 11 is 0. The first-order valence-corrected chi connectivity index (χ1v) is 4.82. The molecule has 0 aliphatic rings. The molecule has 1 aromatic rings. The van der Waals surface area contributed by atoms with Gasteiger partial charge >= 0.3 is 5.97 Å². The van der Waals surface area contributed by atoms with E-state index in [1.54, 1.807) is 6.92 Å². The summed E-state index contributed by atoms with van der Waals surface area (Å²) in [5.74, 6) is 0.358. The van der Waals surface area contributed by atoms with Crippen molar-refractivity contribution in [3.8, 4) is 0 Å². The minimum absolute atomic E-state index is 0.185. The normalized spacial score (nSPS) is 10.6. The molecule has 84 valence electrons. The molecule has 6 heteroatoms. The van der Waals surface area contributed by atoms with Crippen LogP contribution in [0.1, 0.15) is 19.2 Å². The van der Waals surface area contributed by atoms with Gasteiger partial charge in [0.15, 0.2) is 6.33 Å². The molecule has 1 aromatic heterocycles. The van der Waals surface area contributed by atoms with Crippen LogP contribution in [0.4, 0.5) is 0 Å². The van der Waals surface area contributed by atoms with E-state index in [0.29, 0.717) is 32.0 Å². The first-order chi connectivity index (χ1) is 7.22. The fraction of sp³-hybridized carbons (Fsp3) is 0.667. The average Bonchev–Trinajstić information content (AvgIpc) is 2.68. The van der Waals surface area contributed by atoms with Gasteiger partial charge < -0.3 is 9.26 Å². The molecule has 15 heavy (non-hydrogen) atoms. The predicted molar refractivity (Wildman–Crippen MR) is 51.9 cm³/mol. The standard InChI is InChI=1S/C9H15N3O3/c1-3-14-9(13)4-5-12(2)6-8-10-7-11-15-8/h7H,3-6H2,1-2H3. The van der Waals surface area contributed by atoms with Gasteiger partial charge in [0.25, 0.3) is 0 Å². The Hall–Kier alpha value is -1.43. The van der Waals surface area contributed by atoms with Gasteiger partial charge in [0.1, 0.15) is 0 Å². The summed E-state index contributed by atoms with van der Waals surface area (Å²) in [6.07, 6.45) is 1.73. The lowest BCUT2D eigenvalue weighted by atomic mass is 10.4. The van der Waals surface area contributed by atoms with E-state index < -0.39 is 0 Å². The Morgan fingerprint density at radius 2 is 2.47 bits per heavy atom. The van der Waals surface area contributed by atoms with Crippen LogP contribution in [-0.4, -0.2) is 41.2 Å². The van der Waals surface area contributed by atoms with Crippen LogP contribution in [0, 0.1) is 0 Å². The van der Waals surface area contributed by atoms with E-state index in [1.807, 2.05) is 11.9 Å². The lowest BCUT2D eigenvalue weighted by molar-refractivity contribution is -0.143. The van der Waals surface area contributed by atoms with E-state index in [4.69, 9.17) is 9.26 Å². The molecule has 1 heterocycles. The van der Waals surface area contributed by atoms with E-state index >= 15 is 0 Å². The van der Waals surface area contributed by atoms with E-state index in [1.165, 1.54) is 6.33 Å². The zero-order valence-electron chi connectivity index (χ0n) is 8.97. The minimum atomic E-state index is -0.185. The molecule has 0 spiro atoms. The highest BCUT2D eigenvalue weighted by Gasteiger charge is 2.07. The first-order valence-electron chi connectivity index (χ1n) is 4.82. The van der Waals surface area contributed by atoms with E-state index in [-0.39, 0.29) is 5.97 Å². The van der Waals surface area contributed by atoms with Crippen LogP contribution >= 0.6 is 0 Å². The summed E-state index contributed by atoms with van der Waals surface area (Å²) < 4.78 is 9.65. The summed E-state index contributed by atoms with van der Waals surface area (Å²) in [6, 6.07) is 0. The van der Waals surface area contributed by atoms with Gasteiger partial charge in [-0.3, -0.25) is 9.69 Å². The van der Waals surface area contributed by atoms with Gasteiger partial charge in [-0.1, -0.05) is 5.16 Å². The lowest BCUT2D eigenvalue weighted by Gasteiger charge is -2.12. The SMILES string of the molecule is CCOC(=O)CCN(C)Cc1ncno1. The van der Waals surface area contributed by atoms with E-state index in [2.05, 4.69) is 10.1 Å². The van der Waals surface area contributed by atoms with Crippen LogP contribution in [0.15, 0.2) is 10.9 Å². The summed E-state index contributed by atoms with van der Waals surface area (Å²) in [4.78, 5) is 16.9. The maximum absolute atomic E-state index is 11.0. The van der Waals surface area contributed by atoms with Crippen LogP contribution in [0.5, 0.6) is 0 Å². The number of hydrogen-bond acceptors (Lipinski definition) is 6. The summed E-state index contributed by atoms with van der Waals surface area (Å²) in [7, 11) is 1.88. The van der Waals surface area contributed by atoms with Gasteiger partial charge in [-0.25, -0.2) is 0 Å². The highest BCUT2D eigenvalue weighted by Crippen LogP contribution is 1.98. The van der Waals surface area contributed by atoms with Crippen molar-refractivity contribution in [2.75, 3.05) is 20.2 Å². The predicted octanol–water partition coefficient (Wildman–Crippen LogP) is 0.455. The van der Waals surface area contributed by atoms with Crippen LogP contribution in [0.3, 0.4) is 0 Å². The molecule has 0 bridgehead atoms. The Morgan fingerprint density at radius 1 is 1.67 bits per heavy atom. The Balaban J connectivity index is 2.19. The molecule has 0 radical (unpaired) electrons. The molecule has 0 unspecified atom stereocenters. The number of nitrogens with zero attached hydrogens (tertiary/aromatic N) is 3. The van der Waals surface area contributed by atoms with Crippen LogP contribution in [0.2, 0.25) is 0 Å². The van der Waals surface area contributed by atoms with Crippen molar-refractivity contribution in [3.05, 3.63) is 12.2 Å². The quantitative estimate of drug-likeness (QED) is 0.639. The zero-order chi connectivity index (χ0) is 11.1. The van der Waals surface area contributed by atoms with Gasteiger partial charge in [-0.05, 0) is 14.0 Å². The van der Waals surface area contributed by atoms with Crippen LogP contribution in [0.25, 0.3) is 0 Å². The number of esters is 1. The van der Waals surface area contributed by atoms with Crippen molar-refractivity contribution in [2.45, 2.75) is 19.9 Å². The second-order valence-electron chi connectivity index (χ2n) is 3.13. The third-order valence-electron chi connectivity index (χ3n) is 1.82. The molecule has 1 rings (SSSR count). The van der Waals surface area contributed by atoms with Crippen LogP contribution in [-0.2, 0) is 16.1 Å². The topological polar surface area (TPSA) is 68.5 Å². The third kappa shape index (κ3) is 4.55. The molecular formula is C9H15N3O3. The van der Waals surface area contributed by atoms with Crippen LogP contribution < -0.4 is 0 Å². The fourth-order valence-electron chi connectivity index (χ4n) is 1.09. The molecule has 0 amide bonds. The largest absolute Gasteiger partial charge is 0.466 e. The molecular weight excluding hydrogens is 198 g/mol. The minimum Gasteiger partial charge on any atom is -0.466 e. The zero-order valence-corrected chi connectivity index (χ0v) is 8.97. The Morgan fingerprint density at radius 3 is 3.07 bits per heavy atom. The van der Waals surface area contributed by atoms with Gasteiger partial charge in [-0.15, -0.1) is 0 Å².